The Bertz CT molecular complexity index is 909. The number of aryl methyl sites for hydroxylation is 1. The summed E-state index contributed by atoms with van der Waals surface area (Å²) in [6, 6.07) is 11.1. The zero-order valence-corrected chi connectivity index (χ0v) is 15.1. The number of esters is 1. The Morgan fingerprint density at radius 3 is 2.38 bits per heavy atom. The third-order valence-corrected chi connectivity index (χ3v) is 5.29. The second kappa shape index (κ2) is 7.96. The van der Waals surface area contributed by atoms with Crippen LogP contribution in [0.1, 0.15) is 12.5 Å². The minimum Gasteiger partial charge on any atom is -0.465 e. The molecule has 8 nitrogen and oxygen atoms in total. The lowest BCUT2D eigenvalue weighted by Gasteiger charge is -2.24. The molecule has 26 heavy (non-hydrogen) atoms. The highest BCUT2D eigenvalue weighted by Crippen LogP contribution is 2.25. The monoisotopic (exact) mass is 378 g/mol. The van der Waals surface area contributed by atoms with Gasteiger partial charge in [-0.05, 0) is 43.7 Å². The number of rotatable bonds is 7. The van der Waals surface area contributed by atoms with Crippen LogP contribution in [0.2, 0.25) is 0 Å². The van der Waals surface area contributed by atoms with Gasteiger partial charge in [0.25, 0.3) is 15.7 Å². The van der Waals surface area contributed by atoms with Crippen LogP contribution in [0.15, 0.2) is 53.4 Å². The Balaban J connectivity index is 2.48. The van der Waals surface area contributed by atoms with Crippen molar-refractivity contribution in [1.29, 1.82) is 0 Å². The molecule has 9 heteroatoms. The summed E-state index contributed by atoms with van der Waals surface area (Å²) >= 11 is 0. The lowest BCUT2D eigenvalue weighted by molar-refractivity contribution is -0.384. The molecule has 0 fully saturated rings. The normalized spacial score (nSPS) is 11.0. The van der Waals surface area contributed by atoms with Crippen LogP contribution in [0, 0.1) is 17.0 Å². The lowest BCUT2D eigenvalue weighted by atomic mass is 10.2. The van der Waals surface area contributed by atoms with E-state index >= 15 is 0 Å². The highest BCUT2D eigenvalue weighted by Gasteiger charge is 2.28. The van der Waals surface area contributed by atoms with E-state index in [2.05, 4.69) is 0 Å². The Kier molecular flexibility index (Phi) is 5.93. The van der Waals surface area contributed by atoms with Gasteiger partial charge >= 0.3 is 5.97 Å². The van der Waals surface area contributed by atoms with E-state index in [1.54, 1.807) is 38.1 Å². The highest BCUT2D eigenvalue weighted by atomic mass is 32.2. The fourth-order valence-electron chi connectivity index (χ4n) is 2.29. The van der Waals surface area contributed by atoms with Crippen LogP contribution in [-0.4, -0.2) is 32.5 Å². The van der Waals surface area contributed by atoms with Gasteiger partial charge in [-0.3, -0.25) is 19.2 Å². The first kappa shape index (κ1) is 19.4. The first-order valence-corrected chi connectivity index (χ1v) is 9.19. The molecule has 2 aromatic rings. The van der Waals surface area contributed by atoms with Crippen molar-refractivity contribution in [3.8, 4) is 0 Å². The molecule has 0 aromatic heterocycles. The number of nitrogens with zero attached hydrogens (tertiary/aromatic N) is 2. The lowest BCUT2D eigenvalue weighted by Crippen LogP contribution is -2.36. The highest BCUT2D eigenvalue weighted by molar-refractivity contribution is 7.92. The maximum absolute atomic E-state index is 13.0. The summed E-state index contributed by atoms with van der Waals surface area (Å²) in [4.78, 5) is 21.9. The Labute approximate surface area is 151 Å². The number of hydrogen-bond acceptors (Lipinski definition) is 6. The minimum absolute atomic E-state index is 0.123. The number of non-ortho nitro benzene ring substituents is 1. The minimum atomic E-state index is -4.12. The van der Waals surface area contributed by atoms with Crippen LogP contribution in [-0.2, 0) is 19.6 Å². The molecule has 0 atom stereocenters. The maximum atomic E-state index is 13.0. The average Bonchev–Trinajstić information content (AvgIpc) is 2.60. The van der Waals surface area contributed by atoms with E-state index in [0.29, 0.717) is 5.69 Å². The molecule has 2 aromatic carbocycles. The van der Waals surface area contributed by atoms with Crippen molar-refractivity contribution in [1.82, 2.24) is 0 Å². The van der Waals surface area contributed by atoms with E-state index in [1.807, 2.05) is 0 Å². The average molecular weight is 378 g/mol. The summed E-state index contributed by atoms with van der Waals surface area (Å²) in [5, 5.41) is 10.8. The Morgan fingerprint density at radius 2 is 1.85 bits per heavy atom. The molecule has 0 bridgehead atoms. The van der Waals surface area contributed by atoms with Crippen molar-refractivity contribution in [3.63, 3.8) is 0 Å². The second-order valence-electron chi connectivity index (χ2n) is 5.41. The summed E-state index contributed by atoms with van der Waals surface area (Å²) in [5.74, 6) is -0.695. The van der Waals surface area contributed by atoms with Gasteiger partial charge in [-0.1, -0.05) is 12.1 Å². The van der Waals surface area contributed by atoms with Gasteiger partial charge < -0.3 is 4.74 Å². The zero-order valence-electron chi connectivity index (χ0n) is 14.3. The first-order valence-electron chi connectivity index (χ1n) is 7.75. The van der Waals surface area contributed by atoms with Gasteiger partial charge in [0, 0.05) is 12.1 Å². The SMILES string of the molecule is CCOC(=O)CN(c1cccc(C)c1)S(=O)(=O)c1ccc([N+](=O)[O-])cc1. The largest absolute Gasteiger partial charge is 0.465 e. The molecule has 0 aliphatic carbocycles. The predicted molar refractivity (Wildman–Crippen MR) is 95.4 cm³/mol. The smallest absolute Gasteiger partial charge is 0.326 e. The topological polar surface area (TPSA) is 107 Å². The third-order valence-electron chi connectivity index (χ3n) is 3.50. The summed E-state index contributed by atoms with van der Waals surface area (Å²) < 4.78 is 31.8. The molecule has 0 aliphatic heterocycles. The van der Waals surface area contributed by atoms with Crippen LogP contribution >= 0.6 is 0 Å². The molecule has 0 aliphatic rings. The van der Waals surface area contributed by atoms with Crippen molar-refractivity contribution in [2.24, 2.45) is 0 Å². The number of hydrogen-bond donors (Lipinski definition) is 0. The number of carbonyl (C=O) groups is 1. The molecule has 2 rings (SSSR count). The Hall–Kier alpha value is -2.94. The van der Waals surface area contributed by atoms with Crippen LogP contribution in [0.3, 0.4) is 0 Å². The van der Waals surface area contributed by atoms with E-state index in [9.17, 15) is 23.3 Å². The van der Waals surface area contributed by atoms with E-state index in [1.165, 1.54) is 0 Å². The van der Waals surface area contributed by atoms with E-state index in [4.69, 9.17) is 4.74 Å². The fraction of sp³-hybridized carbons (Fsp3) is 0.235. The van der Waals surface area contributed by atoms with Crippen LogP contribution in [0.25, 0.3) is 0 Å². The molecule has 0 unspecified atom stereocenters. The molecule has 0 radical (unpaired) electrons. The molecule has 0 N–H and O–H groups in total. The van der Waals surface area contributed by atoms with E-state index in [-0.39, 0.29) is 17.2 Å². The third kappa shape index (κ3) is 4.37. The molecular formula is C17H18N2O6S. The molecule has 0 saturated heterocycles. The molecule has 0 heterocycles. The maximum Gasteiger partial charge on any atom is 0.326 e. The number of nitro groups is 1. The van der Waals surface area contributed by atoms with Crippen molar-refractivity contribution >= 4 is 27.4 Å². The first-order chi connectivity index (χ1) is 12.3. The van der Waals surface area contributed by atoms with Crippen LogP contribution in [0.4, 0.5) is 11.4 Å². The Morgan fingerprint density at radius 1 is 1.19 bits per heavy atom. The standard InChI is InChI=1S/C17H18N2O6S/c1-3-25-17(20)12-18(15-6-4-5-13(2)11-15)26(23,24)16-9-7-14(8-10-16)19(21)22/h4-11H,3,12H2,1-2H3. The van der Waals surface area contributed by atoms with Gasteiger partial charge in [-0.25, -0.2) is 8.42 Å². The zero-order chi connectivity index (χ0) is 19.3. The van der Waals surface area contributed by atoms with E-state index in [0.717, 1.165) is 34.1 Å². The number of carbonyl (C=O) groups excluding carboxylic acids is 1. The number of ether oxygens (including phenoxy) is 1. The number of benzene rings is 2. The summed E-state index contributed by atoms with van der Waals surface area (Å²) in [6.45, 7) is 3.04. The molecule has 0 spiro atoms. The van der Waals surface area contributed by atoms with Crippen molar-refractivity contribution < 1.29 is 22.9 Å². The van der Waals surface area contributed by atoms with Gasteiger partial charge in [-0.15, -0.1) is 0 Å². The number of nitro benzene ring substituents is 1. The summed E-state index contributed by atoms with van der Waals surface area (Å²) in [5.41, 5.74) is 0.892. The number of anilines is 1. The van der Waals surface area contributed by atoms with Crippen LogP contribution in [0.5, 0.6) is 0 Å². The predicted octanol–water partition coefficient (Wildman–Crippen LogP) is 2.66. The van der Waals surface area contributed by atoms with Gasteiger partial charge in [-0.2, -0.15) is 0 Å². The fourth-order valence-corrected chi connectivity index (χ4v) is 3.69. The molecular weight excluding hydrogens is 360 g/mol. The van der Waals surface area contributed by atoms with Gasteiger partial charge in [0.15, 0.2) is 0 Å². The second-order valence-corrected chi connectivity index (χ2v) is 7.27. The van der Waals surface area contributed by atoms with Gasteiger partial charge in [0.05, 0.1) is 22.1 Å². The van der Waals surface area contributed by atoms with Gasteiger partial charge in [0.2, 0.25) is 0 Å². The summed E-state index contributed by atoms with van der Waals surface area (Å²) in [7, 11) is -4.12. The van der Waals surface area contributed by atoms with Crippen LogP contribution < -0.4 is 4.31 Å². The van der Waals surface area contributed by atoms with E-state index < -0.39 is 27.5 Å². The number of sulfonamides is 1. The molecule has 0 amide bonds. The quantitative estimate of drug-likeness (QED) is 0.416. The van der Waals surface area contributed by atoms with Crippen molar-refractivity contribution in [2.75, 3.05) is 17.5 Å². The summed E-state index contributed by atoms with van der Waals surface area (Å²) in [6.07, 6.45) is 0. The van der Waals surface area contributed by atoms with Gasteiger partial charge in [0.1, 0.15) is 6.54 Å². The van der Waals surface area contributed by atoms with Crippen molar-refractivity contribution in [3.05, 3.63) is 64.2 Å². The molecule has 138 valence electrons. The van der Waals surface area contributed by atoms with Crippen molar-refractivity contribution in [2.45, 2.75) is 18.7 Å². The molecule has 0 saturated carbocycles.